The van der Waals surface area contributed by atoms with Gasteiger partial charge < -0.3 is 20.5 Å². The number of nitrogens with two attached hydrogens (primary N) is 1. The Morgan fingerprint density at radius 2 is 2.16 bits per heavy atom. The van der Waals surface area contributed by atoms with Gasteiger partial charge in [0.2, 0.25) is 0 Å². The van der Waals surface area contributed by atoms with Crippen molar-refractivity contribution < 1.29 is 9.50 Å². The predicted octanol–water partition coefficient (Wildman–Crippen LogP) is 5.28. The van der Waals surface area contributed by atoms with Gasteiger partial charge in [-0.25, -0.2) is 9.38 Å². The minimum atomic E-state index is -0.538. The van der Waals surface area contributed by atoms with Crippen LogP contribution in [0, 0.1) is 5.82 Å². The number of hydrogen-bond acceptors (Lipinski definition) is 7. The summed E-state index contributed by atoms with van der Waals surface area (Å²) in [6.45, 7) is 5.87. The lowest BCUT2D eigenvalue weighted by atomic mass is 10.1. The van der Waals surface area contributed by atoms with Crippen LogP contribution in [0.1, 0.15) is 18.1 Å². The molecule has 2 aromatic carbocycles. The van der Waals surface area contributed by atoms with Crippen LogP contribution in [0.15, 0.2) is 63.3 Å². The van der Waals surface area contributed by atoms with Crippen LogP contribution in [0.3, 0.4) is 0 Å². The average Bonchev–Trinajstić information content (AvgIpc) is 2.77. The van der Waals surface area contributed by atoms with Crippen LogP contribution in [0.2, 0.25) is 10.0 Å². The zero-order chi connectivity index (χ0) is 22.5. The average molecular weight is 480 g/mol. The molecule has 0 fully saturated rings. The molecule has 3 rings (SSSR count). The van der Waals surface area contributed by atoms with Gasteiger partial charge in [-0.15, -0.1) is 0 Å². The summed E-state index contributed by atoms with van der Waals surface area (Å²) >= 11 is 13.5. The SMILES string of the molecule is C=N/C(=C1/C(N)=NC=CN1CC)c1cccc(NSc2cc(Cl)cc(CO)c2Cl)c1F. The van der Waals surface area contributed by atoms with E-state index in [1.165, 1.54) is 0 Å². The van der Waals surface area contributed by atoms with E-state index >= 15 is 4.39 Å². The van der Waals surface area contributed by atoms with Crippen molar-refractivity contribution in [3.63, 3.8) is 0 Å². The lowest BCUT2D eigenvalue weighted by Crippen LogP contribution is -2.31. The molecule has 0 bridgehead atoms. The molecule has 4 N–H and O–H groups in total. The van der Waals surface area contributed by atoms with Gasteiger partial charge in [0.1, 0.15) is 11.5 Å². The number of amidine groups is 1. The van der Waals surface area contributed by atoms with Gasteiger partial charge in [-0.1, -0.05) is 29.3 Å². The second kappa shape index (κ2) is 10.2. The maximum Gasteiger partial charge on any atom is 0.156 e. The van der Waals surface area contributed by atoms with E-state index < -0.39 is 5.82 Å². The molecule has 0 saturated heterocycles. The molecule has 6 nitrogen and oxygen atoms in total. The van der Waals surface area contributed by atoms with Gasteiger partial charge in [0, 0.05) is 34.4 Å². The molecule has 1 heterocycles. The fourth-order valence-electron chi connectivity index (χ4n) is 3.00. The summed E-state index contributed by atoms with van der Waals surface area (Å²) in [5, 5.41) is 10.2. The molecule has 0 atom stereocenters. The number of nitrogens with one attached hydrogen (secondary N) is 1. The Balaban J connectivity index is 1.98. The van der Waals surface area contributed by atoms with Gasteiger partial charge in [-0.2, -0.15) is 0 Å². The fourth-order valence-corrected chi connectivity index (χ4v) is 4.37. The maximum atomic E-state index is 15.4. The third kappa shape index (κ3) is 4.88. The molecule has 0 aliphatic carbocycles. The molecule has 0 unspecified atom stereocenters. The van der Waals surface area contributed by atoms with Gasteiger partial charge >= 0.3 is 0 Å². The number of rotatable bonds is 7. The Labute approximate surface area is 194 Å². The fraction of sp³-hybridized carbons (Fsp3) is 0.143. The number of halogens is 3. The van der Waals surface area contributed by atoms with Gasteiger partial charge in [-0.3, -0.25) is 4.99 Å². The zero-order valence-corrected chi connectivity index (χ0v) is 18.9. The van der Waals surface area contributed by atoms with Crippen molar-refractivity contribution in [2.45, 2.75) is 18.4 Å². The Bertz CT molecular complexity index is 1100. The molecule has 0 spiro atoms. The number of aliphatic hydroxyl groups is 1. The second-order valence-electron chi connectivity index (χ2n) is 6.36. The standard InChI is InChI=1S/C21H20Cl2FN5OS/c1-3-29-8-7-27-21(25)20(29)19(26-2)14-5-4-6-15(18(14)24)28-31-16-10-13(22)9-12(11-30)17(16)23/h4-10,28,30H,2-3,11H2,1H3,(H2,25,27)/b20-19-. The Morgan fingerprint density at radius 1 is 1.39 bits per heavy atom. The Morgan fingerprint density at radius 3 is 2.84 bits per heavy atom. The van der Waals surface area contributed by atoms with E-state index in [0.717, 1.165) is 11.9 Å². The van der Waals surface area contributed by atoms with Crippen molar-refractivity contribution in [3.8, 4) is 0 Å². The van der Waals surface area contributed by atoms with Crippen LogP contribution in [-0.2, 0) is 6.61 Å². The van der Waals surface area contributed by atoms with Gasteiger partial charge in [0.25, 0.3) is 0 Å². The minimum Gasteiger partial charge on any atom is -0.392 e. The third-order valence-electron chi connectivity index (χ3n) is 4.49. The molecular formula is C21H20Cl2FN5OS. The highest BCUT2D eigenvalue weighted by Gasteiger charge is 2.22. The monoisotopic (exact) mass is 479 g/mol. The number of aliphatic imine (C=N–C) groups is 2. The van der Waals surface area contributed by atoms with Crippen LogP contribution in [0.4, 0.5) is 10.1 Å². The summed E-state index contributed by atoms with van der Waals surface area (Å²) in [5.41, 5.74) is 7.73. The largest absolute Gasteiger partial charge is 0.392 e. The second-order valence-corrected chi connectivity index (χ2v) is 8.02. The van der Waals surface area contributed by atoms with Crippen molar-refractivity contribution in [2.75, 3.05) is 11.3 Å². The number of anilines is 1. The highest BCUT2D eigenvalue weighted by atomic mass is 35.5. The highest BCUT2D eigenvalue weighted by Crippen LogP contribution is 2.36. The molecule has 2 aromatic rings. The Kier molecular flexibility index (Phi) is 7.61. The quantitative estimate of drug-likeness (QED) is 0.371. The Hall–Kier alpha value is -2.52. The lowest BCUT2D eigenvalue weighted by molar-refractivity contribution is 0.281. The first kappa shape index (κ1) is 23.1. The summed E-state index contributed by atoms with van der Waals surface area (Å²) in [6, 6.07) is 8.07. The molecule has 0 saturated carbocycles. The van der Waals surface area contributed by atoms with Crippen molar-refractivity contribution in [1.82, 2.24) is 4.90 Å². The molecule has 0 radical (unpaired) electrons. The van der Waals surface area contributed by atoms with Gasteiger partial charge in [0.05, 0.1) is 23.0 Å². The van der Waals surface area contributed by atoms with E-state index in [2.05, 4.69) is 21.4 Å². The number of nitrogens with zero attached hydrogens (tertiary/aromatic N) is 3. The lowest BCUT2D eigenvalue weighted by Gasteiger charge is -2.26. The van der Waals surface area contributed by atoms with Gasteiger partial charge in [-0.05, 0) is 55.4 Å². The van der Waals surface area contributed by atoms with Crippen molar-refractivity contribution in [3.05, 3.63) is 75.4 Å². The van der Waals surface area contributed by atoms with Gasteiger partial charge in [0.15, 0.2) is 5.82 Å². The molecule has 0 aromatic heterocycles. The third-order valence-corrected chi connectivity index (χ3v) is 6.13. The van der Waals surface area contributed by atoms with E-state index in [4.69, 9.17) is 28.9 Å². The number of benzene rings is 2. The molecule has 0 amide bonds. The normalized spacial score (nSPS) is 15.0. The molecule has 10 heteroatoms. The number of likely N-dealkylation sites (N-methyl/N-ethyl adjacent to an activating group) is 1. The maximum absolute atomic E-state index is 15.4. The first-order valence-electron chi connectivity index (χ1n) is 9.19. The number of hydrogen-bond donors (Lipinski definition) is 3. The van der Waals surface area contributed by atoms with Crippen LogP contribution in [0.25, 0.3) is 5.70 Å². The topological polar surface area (TPSA) is 86.2 Å². The van der Waals surface area contributed by atoms with Crippen molar-refractivity contribution >= 4 is 59.1 Å². The van der Waals surface area contributed by atoms with E-state index in [1.807, 2.05) is 11.8 Å². The van der Waals surface area contributed by atoms with E-state index in [9.17, 15) is 5.11 Å². The smallest absolute Gasteiger partial charge is 0.156 e. The highest BCUT2D eigenvalue weighted by molar-refractivity contribution is 8.00. The van der Waals surface area contributed by atoms with Crippen molar-refractivity contribution in [2.24, 2.45) is 15.7 Å². The van der Waals surface area contributed by atoms with Crippen molar-refractivity contribution in [1.29, 1.82) is 0 Å². The van der Waals surface area contributed by atoms with E-state index in [-0.39, 0.29) is 29.4 Å². The minimum absolute atomic E-state index is 0.204. The molecule has 1 aliphatic rings. The van der Waals surface area contributed by atoms with E-state index in [0.29, 0.717) is 32.7 Å². The summed E-state index contributed by atoms with van der Waals surface area (Å²) in [7, 11) is 0. The molecular weight excluding hydrogens is 460 g/mol. The summed E-state index contributed by atoms with van der Waals surface area (Å²) in [5.74, 6) is -0.315. The van der Waals surface area contributed by atoms with E-state index in [1.54, 1.807) is 42.7 Å². The summed E-state index contributed by atoms with van der Waals surface area (Å²) in [4.78, 5) is 10.5. The molecule has 1 aliphatic heterocycles. The zero-order valence-electron chi connectivity index (χ0n) is 16.6. The first-order valence-corrected chi connectivity index (χ1v) is 10.8. The molecule has 31 heavy (non-hydrogen) atoms. The molecule has 162 valence electrons. The van der Waals surface area contributed by atoms with Crippen LogP contribution >= 0.6 is 35.1 Å². The van der Waals surface area contributed by atoms with Crippen LogP contribution in [-0.4, -0.2) is 29.1 Å². The first-order chi connectivity index (χ1) is 14.9. The summed E-state index contributed by atoms with van der Waals surface area (Å²) < 4.78 is 18.4. The summed E-state index contributed by atoms with van der Waals surface area (Å²) in [6.07, 6.45) is 3.32. The van der Waals surface area contributed by atoms with Crippen LogP contribution in [0.5, 0.6) is 0 Å². The van der Waals surface area contributed by atoms with Crippen LogP contribution < -0.4 is 10.5 Å². The number of aliphatic hydroxyl groups excluding tert-OH is 1. The predicted molar refractivity (Wildman–Crippen MR) is 128 cm³/mol.